The fourth-order valence-electron chi connectivity index (χ4n) is 4.67. The van der Waals surface area contributed by atoms with Gasteiger partial charge in [0, 0.05) is 29.5 Å². The third-order valence-corrected chi connectivity index (χ3v) is 8.09. The third kappa shape index (κ3) is 13.2. The molecule has 256 valence electrons. The molecule has 2 aromatic carbocycles. The van der Waals surface area contributed by atoms with Crippen molar-refractivity contribution in [3.05, 3.63) is 71.8 Å². The Bertz CT molecular complexity index is 1290. The van der Waals surface area contributed by atoms with E-state index >= 15 is 0 Å². The first kappa shape index (κ1) is 40.7. The number of amides is 3. The number of ether oxygens (including phenoxy) is 1. The maximum Gasteiger partial charge on any atom is 0.256 e. The zero-order chi connectivity index (χ0) is 35.2. The summed E-state index contributed by atoms with van der Waals surface area (Å²) in [6.45, 7) is 22.0. The first-order valence-electron chi connectivity index (χ1n) is 15.6. The number of carbonyl (C=O) groups is 3. The molecule has 2 atom stereocenters. The zero-order valence-corrected chi connectivity index (χ0v) is 30.4. The summed E-state index contributed by atoms with van der Waals surface area (Å²) in [5.74, 6) is 0.523. The monoisotopic (exact) mass is 656 g/mol. The van der Waals surface area contributed by atoms with Crippen LogP contribution in [0.2, 0.25) is 0 Å². The van der Waals surface area contributed by atoms with Crippen LogP contribution in [0, 0.1) is 18.3 Å². The summed E-state index contributed by atoms with van der Waals surface area (Å²) in [5.41, 5.74) is 1.61. The number of nitrogens with one attached hydrogen (secondary N) is 3. The third-order valence-electron chi connectivity index (χ3n) is 7.30. The molecule has 4 N–H and O–H groups in total. The van der Waals surface area contributed by atoms with Gasteiger partial charge in [-0.25, -0.2) is 0 Å². The maximum absolute atomic E-state index is 13.4. The lowest BCUT2D eigenvalue weighted by atomic mass is 9.76. The average Bonchev–Trinajstić information content (AvgIpc) is 2.97. The van der Waals surface area contributed by atoms with Crippen LogP contribution < -0.4 is 20.1 Å². The number of hydrogen-bond acceptors (Lipinski definition) is 7. The van der Waals surface area contributed by atoms with Crippen molar-refractivity contribution in [2.24, 2.45) is 11.3 Å². The summed E-state index contributed by atoms with van der Waals surface area (Å²) < 4.78 is 8.24. The molecule has 0 radical (unpaired) electrons. The first-order chi connectivity index (χ1) is 21.3. The van der Waals surface area contributed by atoms with Crippen LogP contribution in [0.4, 0.5) is 0 Å². The Morgan fingerprint density at radius 2 is 1.63 bits per heavy atom. The van der Waals surface area contributed by atoms with Crippen molar-refractivity contribution in [1.29, 1.82) is 0 Å². The van der Waals surface area contributed by atoms with Gasteiger partial charge in [-0.1, -0.05) is 84.9 Å². The summed E-state index contributed by atoms with van der Waals surface area (Å²) in [5, 5.41) is 15.2. The van der Waals surface area contributed by atoms with E-state index in [1.54, 1.807) is 25.9 Å². The molecular formula is C36H56N4O5S. The summed E-state index contributed by atoms with van der Waals surface area (Å²) in [4.78, 5) is 40.5. The smallest absolute Gasteiger partial charge is 0.256 e. The number of benzene rings is 2. The van der Waals surface area contributed by atoms with E-state index in [0.29, 0.717) is 23.8 Å². The highest BCUT2D eigenvalue weighted by Gasteiger charge is 2.40. The molecule has 2 aromatic rings. The molecule has 0 saturated carbocycles. The second-order valence-corrected chi connectivity index (χ2v) is 14.5. The van der Waals surface area contributed by atoms with Gasteiger partial charge in [0.1, 0.15) is 18.4 Å². The number of nitrogens with zero attached hydrogens (tertiary/aromatic N) is 1. The largest absolute Gasteiger partial charge is 0.491 e. The molecule has 2 rings (SSSR count). The normalized spacial score (nSPS) is 12.7. The Hall–Kier alpha value is -3.34. The van der Waals surface area contributed by atoms with E-state index in [1.165, 1.54) is 17.5 Å². The Labute approximate surface area is 281 Å². The van der Waals surface area contributed by atoms with Gasteiger partial charge in [-0.2, -0.15) is 0 Å². The van der Waals surface area contributed by atoms with Gasteiger partial charge in [0.05, 0.1) is 12.6 Å². The van der Waals surface area contributed by atoms with Crippen LogP contribution in [0.1, 0.15) is 66.5 Å². The van der Waals surface area contributed by atoms with E-state index in [4.69, 9.17) is 9.84 Å². The number of rotatable bonds is 14. The van der Waals surface area contributed by atoms with E-state index in [2.05, 4.69) is 35.8 Å². The van der Waals surface area contributed by atoms with Crippen LogP contribution in [0.3, 0.4) is 0 Å². The SMILES string of the molecule is C=C(C)C(=O)NSc1ccc(C)cc1.CNC(C(=O)NC(C(=O)N(C)CC(C)C)C(C)(C)C)C(C)(C)c1cccc(OCCO)c1. The molecule has 0 heterocycles. The average molecular weight is 657 g/mol. The molecule has 0 saturated heterocycles. The van der Waals surface area contributed by atoms with E-state index < -0.39 is 22.9 Å². The summed E-state index contributed by atoms with van der Waals surface area (Å²) >= 11 is 1.31. The first-order valence-corrected chi connectivity index (χ1v) is 16.4. The van der Waals surface area contributed by atoms with Crippen molar-refractivity contribution in [3.63, 3.8) is 0 Å². The zero-order valence-electron chi connectivity index (χ0n) is 29.6. The fourth-order valence-corrected chi connectivity index (χ4v) is 5.32. The molecule has 9 nitrogen and oxygen atoms in total. The number of carbonyl (C=O) groups excluding carboxylic acids is 3. The number of hydrogen-bond donors (Lipinski definition) is 4. The number of likely N-dealkylation sites (N-methyl/N-ethyl adjacent to an activating group) is 2. The number of aryl methyl sites for hydroxylation is 1. The number of aliphatic hydroxyl groups is 1. The maximum atomic E-state index is 13.4. The minimum Gasteiger partial charge on any atom is -0.491 e. The molecular weight excluding hydrogens is 600 g/mol. The van der Waals surface area contributed by atoms with Crippen LogP contribution in [-0.4, -0.2) is 73.7 Å². The van der Waals surface area contributed by atoms with E-state index in [-0.39, 0.29) is 30.9 Å². The molecule has 0 aromatic heterocycles. The van der Waals surface area contributed by atoms with Crippen LogP contribution in [0.5, 0.6) is 5.75 Å². The van der Waals surface area contributed by atoms with E-state index in [0.717, 1.165) is 10.5 Å². The minimum atomic E-state index is -0.648. The highest BCUT2D eigenvalue weighted by Crippen LogP contribution is 2.31. The molecule has 0 aliphatic carbocycles. The lowest BCUT2D eigenvalue weighted by molar-refractivity contribution is -0.139. The van der Waals surface area contributed by atoms with Gasteiger partial charge in [-0.3, -0.25) is 19.1 Å². The molecule has 0 aliphatic heterocycles. The molecule has 0 aliphatic rings. The van der Waals surface area contributed by atoms with Gasteiger partial charge < -0.3 is 25.4 Å². The Morgan fingerprint density at radius 1 is 1.02 bits per heavy atom. The Balaban J connectivity index is 0.000000626. The van der Waals surface area contributed by atoms with Gasteiger partial charge in [0.15, 0.2) is 0 Å². The van der Waals surface area contributed by atoms with Crippen molar-refractivity contribution in [3.8, 4) is 5.75 Å². The number of aliphatic hydroxyl groups excluding tert-OH is 1. The molecule has 2 unspecified atom stereocenters. The highest BCUT2D eigenvalue weighted by molar-refractivity contribution is 7.98. The summed E-state index contributed by atoms with van der Waals surface area (Å²) in [6.07, 6.45) is 0. The van der Waals surface area contributed by atoms with Gasteiger partial charge in [0.2, 0.25) is 11.8 Å². The van der Waals surface area contributed by atoms with Crippen molar-refractivity contribution in [2.45, 2.75) is 84.7 Å². The molecule has 10 heteroatoms. The summed E-state index contributed by atoms with van der Waals surface area (Å²) in [7, 11) is 3.53. The topological polar surface area (TPSA) is 120 Å². The van der Waals surface area contributed by atoms with E-state index in [9.17, 15) is 14.4 Å². The van der Waals surface area contributed by atoms with Crippen molar-refractivity contribution < 1.29 is 24.2 Å². The van der Waals surface area contributed by atoms with Crippen LogP contribution >= 0.6 is 11.9 Å². The van der Waals surface area contributed by atoms with Crippen molar-refractivity contribution >= 4 is 29.7 Å². The van der Waals surface area contributed by atoms with Crippen LogP contribution in [0.25, 0.3) is 0 Å². The Morgan fingerprint density at radius 3 is 2.13 bits per heavy atom. The lowest BCUT2D eigenvalue weighted by Gasteiger charge is -2.38. The Kier molecular flexibility index (Phi) is 16.6. The standard InChI is InChI=1S/C25H43N3O4.C11H13NOS/c1-17(2)16-28(9)23(31)21(24(3,4)5)27-22(30)20(26-8)25(6,7)18-11-10-12-19(15-18)32-14-13-29;1-8(2)11(13)12-14-10-6-4-9(3)5-7-10/h10-12,15,17,20-21,26,29H,13-14,16H2,1-9H3,(H,27,30);4-7H,1H2,2-3H3,(H,12,13). The molecule has 0 fully saturated rings. The quantitative estimate of drug-likeness (QED) is 0.162. The highest BCUT2D eigenvalue weighted by atomic mass is 32.2. The lowest BCUT2D eigenvalue weighted by Crippen LogP contribution is -2.61. The van der Waals surface area contributed by atoms with Gasteiger partial charge in [-0.15, -0.1) is 0 Å². The second-order valence-electron chi connectivity index (χ2n) is 13.6. The molecule has 46 heavy (non-hydrogen) atoms. The molecule has 3 amide bonds. The van der Waals surface area contributed by atoms with Gasteiger partial charge in [-0.05, 0) is 74.0 Å². The fraction of sp³-hybridized carbons (Fsp3) is 0.528. The molecule has 0 bridgehead atoms. The van der Waals surface area contributed by atoms with Crippen LogP contribution in [-0.2, 0) is 19.8 Å². The van der Waals surface area contributed by atoms with Crippen LogP contribution in [0.15, 0.2) is 65.6 Å². The predicted octanol–water partition coefficient (Wildman–Crippen LogP) is 5.26. The predicted molar refractivity (Wildman–Crippen MR) is 189 cm³/mol. The minimum absolute atomic E-state index is 0.0668. The van der Waals surface area contributed by atoms with Gasteiger partial charge in [0.25, 0.3) is 5.91 Å². The van der Waals surface area contributed by atoms with Crippen molar-refractivity contribution in [2.75, 3.05) is 33.9 Å². The van der Waals surface area contributed by atoms with E-state index in [1.807, 2.05) is 90.1 Å². The molecule has 0 spiro atoms. The summed E-state index contributed by atoms with van der Waals surface area (Å²) in [6, 6.07) is 14.3. The second kappa shape index (κ2) is 18.7. The van der Waals surface area contributed by atoms with Crippen molar-refractivity contribution in [1.82, 2.24) is 20.3 Å². The van der Waals surface area contributed by atoms with Gasteiger partial charge >= 0.3 is 0 Å².